The van der Waals surface area contributed by atoms with Gasteiger partial charge in [-0.1, -0.05) is 66.7 Å². The molecule has 2 aromatic carbocycles. The average Bonchev–Trinajstić information content (AvgIpc) is 3.00. The van der Waals surface area contributed by atoms with Gasteiger partial charge in [0.1, 0.15) is 5.76 Å². The molecule has 2 heterocycles. The summed E-state index contributed by atoms with van der Waals surface area (Å²) in [6.07, 6.45) is 3.25. The number of ketones is 1. The Kier molecular flexibility index (Phi) is 4.72. The number of aliphatic hydroxyl groups excluding tert-OH is 1. The Hall–Kier alpha value is -3.73. The minimum absolute atomic E-state index is 0.0835. The van der Waals surface area contributed by atoms with Crippen LogP contribution in [0.1, 0.15) is 22.7 Å². The molecular weight excluding hydrogens is 352 g/mol. The molecule has 4 rings (SSSR count). The smallest absolute Gasteiger partial charge is 0.295 e. The first-order valence-corrected chi connectivity index (χ1v) is 8.94. The summed E-state index contributed by atoms with van der Waals surface area (Å²) in [6.45, 7) is 0.260. The Bertz CT molecular complexity index is 1030. The predicted molar refractivity (Wildman–Crippen MR) is 105 cm³/mol. The minimum atomic E-state index is -0.700. The molecule has 1 amide bonds. The lowest BCUT2D eigenvalue weighted by Crippen LogP contribution is -2.29. The van der Waals surface area contributed by atoms with E-state index in [-0.39, 0.29) is 17.9 Å². The average molecular weight is 370 g/mol. The second-order valence-corrected chi connectivity index (χ2v) is 6.56. The number of benzene rings is 2. The fourth-order valence-electron chi connectivity index (χ4n) is 3.46. The van der Waals surface area contributed by atoms with Crippen molar-refractivity contribution in [2.75, 3.05) is 0 Å². The Morgan fingerprint density at radius 2 is 1.61 bits per heavy atom. The van der Waals surface area contributed by atoms with E-state index in [9.17, 15) is 14.7 Å². The predicted octanol–water partition coefficient (Wildman–Crippen LogP) is 3.70. The van der Waals surface area contributed by atoms with Gasteiger partial charge in [-0.15, -0.1) is 0 Å². The maximum Gasteiger partial charge on any atom is 0.295 e. The van der Waals surface area contributed by atoms with E-state index in [0.717, 1.165) is 5.56 Å². The number of aromatic nitrogens is 1. The third-order valence-electron chi connectivity index (χ3n) is 4.78. The van der Waals surface area contributed by atoms with Crippen molar-refractivity contribution in [3.63, 3.8) is 0 Å². The molecule has 0 saturated carbocycles. The standard InChI is InChI=1S/C23H18N2O3/c26-21(17-10-5-2-6-11-17)19-20(18-12-7-13-24-14-18)25(23(28)22(19)27)15-16-8-3-1-4-9-16/h1-14,20,26H,15H2. The molecular formula is C23H18N2O3. The van der Waals surface area contributed by atoms with E-state index in [2.05, 4.69) is 4.98 Å². The third kappa shape index (κ3) is 3.18. The van der Waals surface area contributed by atoms with Gasteiger partial charge in [0.25, 0.3) is 11.7 Å². The summed E-state index contributed by atoms with van der Waals surface area (Å²) < 4.78 is 0. The molecule has 5 nitrogen and oxygen atoms in total. The summed E-state index contributed by atoms with van der Waals surface area (Å²) in [4.78, 5) is 31.3. The van der Waals surface area contributed by atoms with Gasteiger partial charge in [-0.05, 0) is 17.2 Å². The van der Waals surface area contributed by atoms with Crippen molar-refractivity contribution in [2.45, 2.75) is 12.6 Å². The summed E-state index contributed by atoms with van der Waals surface area (Å²) in [5, 5.41) is 10.9. The van der Waals surface area contributed by atoms with Crippen LogP contribution in [0.25, 0.3) is 5.76 Å². The number of carbonyl (C=O) groups excluding carboxylic acids is 2. The van der Waals surface area contributed by atoms with Gasteiger partial charge < -0.3 is 10.0 Å². The Morgan fingerprint density at radius 1 is 0.929 bits per heavy atom. The van der Waals surface area contributed by atoms with Crippen LogP contribution in [-0.2, 0) is 16.1 Å². The molecule has 0 radical (unpaired) electrons. The molecule has 1 aliphatic heterocycles. The van der Waals surface area contributed by atoms with Gasteiger partial charge in [-0.25, -0.2) is 0 Å². The van der Waals surface area contributed by atoms with Crippen molar-refractivity contribution in [2.24, 2.45) is 0 Å². The minimum Gasteiger partial charge on any atom is -0.507 e. The van der Waals surface area contributed by atoms with Crippen LogP contribution in [0.4, 0.5) is 0 Å². The zero-order chi connectivity index (χ0) is 19.5. The van der Waals surface area contributed by atoms with Crippen molar-refractivity contribution in [1.82, 2.24) is 9.88 Å². The van der Waals surface area contributed by atoms with Crippen LogP contribution < -0.4 is 0 Å². The number of aliphatic hydroxyl groups is 1. The van der Waals surface area contributed by atoms with Crippen LogP contribution in [0.3, 0.4) is 0 Å². The van der Waals surface area contributed by atoms with Crippen LogP contribution in [0.15, 0.2) is 90.8 Å². The van der Waals surface area contributed by atoms with Crippen LogP contribution in [0, 0.1) is 0 Å². The first-order valence-electron chi connectivity index (χ1n) is 8.94. The van der Waals surface area contributed by atoms with Gasteiger partial charge in [0.15, 0.2) is 0 Å². The molecule has 0 spiro atoms. The first-order chi connectivity index (χ1) is 13.7. The maximum absolute atomic E-state index is 12.9. The number of hydrogen-bond acceptors (Lipinski definition) is 4. The number of Topliss-reactive ketones (excluding diaryl/α,β-unsaturated/α-hetero) is 1. The summed E-state index contributed by atoms with van der Waals surface area (Å²) in [6, 6.07) is 21.1. The Labute approximate surface area is 162 Å². The monoisotopic (exact) mass is 370 g/mol. The zero-order valence-corrected chi connectivity index (χ0v) is 15.0. The number of amides is 1. The topological polar surface area (TPSA) is 70.5 Å². The number of hydrogen-bond donors (Lipinski definition) is 1. The van der Waals surface area contributed by atoms with Crippen molar-refractivity contribution in [3.8, 4) is 0 Å². The highest BCUT2D eigenvalue weighted by Gasteiger charge is 2.46. The van der Waals surface area contributed by atoms with Crippen molar-refractivity contribution >= 4 is 17.4 Å². The maximum atomic E-state index is 12.9. The van der Waals surface area contributed by atoms with Crippen LogP contribution in [0.5, 0.6) is 0 Å². The second-order valence-electron chi connectivity index (χ2n) is 6.56. The Morgan fingerprint density at radius 3 is 2.25 bits per heavy atom. The number of likely N-dealkylation sites (tertiary alicyclic amines) is 1. The van der Waals surface area contributed by atoms with E-state index in [1.165, 1.54) is 4.90 Å². The molecule has 28 heavy (non-hydrogen) atoms. The van der Waals surface area contributed by atoms with Gasteiger partial charge in [0.2, 0.25) is 0 Å². The van der Waals surface area contributed by atoms with Crippen molar-refractivity contribution in [1.29, 1.82) is 0 Å². The SMILES string of the molecule is O=C1C(=O)N(Cc2ccccc2)C(c2cccnc2)C1=C(O)c1ccccc1. The summed E-state index contributed by atoms with van der Waals surface area (Å²) in [7, 11) is 0. The number of carbonyl (C=O) groups is 2. The van der Waals surface area contributed by atoms with Gasteiger partial charge in [0.05, 0.1) is 11.6 Å². The molecule has 1 unspecified atom stereocenters. The molecule has 138 valence electrons. The quantitative estimate of drug-likeness (QED) is 0.432. The second kappa shape index (κ2) is 7.48. The zero-order valence-electron chi connectivity index (χ0n) is 15.0. The van der Waals surface area contributed by atoms with E-state index >= 15 is 0 Å². The molecule has 1 atom stereocenters. The lowest BCUT2D eigenvalue weighted by atomic mass is 9.96. The Balaban J connectivity index is 1.85. The lowest BCUT2D eigenvalue weighted by Gasteiger charge is -2.25. The highest BCUT2D eigenvalue weighted by Crippen LogP contribution is 2.39. The number of nitrogens with zero attached hydrogens (tertiary/aromatic N) is 2. The van der Waals surface area contributed by atoms with Crippen LogP contribution >= 0.6 is 0 Å². The molecule has 1 aliphatic rings. The molecule has 3 aromatic rings. The normalized spacial score (nSPS) is 18.4. The summed E-state index contributed by atoms with van der Waals surface area (Å²) in [5.74, 6) is -1.50. The van der Waals surface area contributed by atoms with E-state index < -0.39 is 17.7 Å². The lowest BCUT2D eigenvalue weighted by molar-refractivity contribution is -0.140. The van der Waals surface area contributed by atoms with Crippen molar-refractivity contribution in [3.05, 3.63) is 107 Å². The highest BCUT2D eigenvalue weighted by molar-refractivity contribution is 6.46. The van der Waals surface area contributed by atoms with E-state index in [1.807, 2.05) is 36.4 Å². The van der Waals surface area contributed by atoms with Crippen molar-refractivity contribution < 1.29 is 14.7 Å². The van der Waals surface area contributed by atoms with Gasteiger partial charge in [-0.3, -0.25) is 14.6 Å². The molecule has 0 aliphatic carbocycles. The molecule has 1 saturated heterocycles. The molecule has 1 N–H and O–H groups in total. The number of pyridine rings is 1. The summed E-state index contributed by atoms with van der Waals surface area (Å²) in [5.41, 5.74) is 2.15. The third-order valence-corrected chi connectivity index (χ3v) is 4.78. The van der Waals surface area contributed by atoms with Crippen LogP contribution in [0.2, 0.25) is 0 Å². The molecule has 1 aromatic heterocycles. The van der Waals surface area contributed by atoms with Crippen LogP contribution in [-0.4, -0.2) is 26.7 Å². The molecule has 5 heteroatoms. The largest absolute Gasteiger partial charge is 0.507 e. The van der Waals surface area contributed by atoms with E-state index in [0.29, 0.717) is 11.1 Å². The molecule has 0 bridgehead atoms. The summed E-state index contributed by atoms with van der Waals surface area (Å²) >= 11 is 0. The molecule has 1 fully saturated rings. The van der Waals surface area contributed by atoms with E-state index in [4.69, 9.17) is 0 Å². The number of rotatable bonds is 4. The van der Waals surface area contributed by atoms with Gasteiger partial charge in [0, 0.05) is 24.5 Å². The van der Waals surface area contributed by atoms with E-state index in [1.54, 1.807) is 48.8 Å². The van der Waals surface area contributed by atoms with Gasteiger partial charge >= 0.3 is 0 Å². The fourth-order valence-corrected chi connectivity index (χ4v) is 3.46. The highest BCUT2D eigenvalue weighted by atomic mass is 16.3. The van der Waals surface area contributed by atoms with Gasteiger partial charge in [-0.2, -0.15) is 0 Å². The first kappa shape index (κ1) is 17.7. The fraction of sp³-hybridized carbons (Fsp3) is 0.0870.